The van der Waals surface area contributed by atoms with Gasteiger partial charge in [0, 0.05) is 64.2 Å². The Morgan fingerprint density at radius 1 is 0.542 bits per heavy atom. The van der Waals surface area contributed by atoms with Crippen molar-refractivity contribution in [3.63, 3.8) is 0 Å². The Hall–Kier alpha value is -4.82. The van der Waals surface area contributed by atoms with E-state index in [-0.39, 0.29) is 47.5 Å². The molecule has 2 heterocycles. The second-order valence-electron chi connectivity index (χ2n) is 22.8. The number of hydrogen-bond acceptors (Lipinski definition) is 8. The first-order valence-corrected chi connectivity index (χ1v) is 27.4. The number of amides is 6. The first kappa shape index (κ1) is 59.7. The second kappa shape index (κ2) is 29.8. The zero-order valence-corrected chi connectivity index (χ0v) is 46.0. The Kier molecular flexibility index (Phi) is 24.7. The molecule has 2 aliphatic heterocycles. The molecular formula is C58H94N8O6. The first-order valence-electron chi connectivity index (χ1n) is 27.4. The molecule has 6 atom stereocenters. The van der Waals surface area contributed by atoms with Gasteiger partial charge in [-0.3, -0.25) is 28.8 Å². The number of hydrogen-bond donors (Lipinski definition) is 4. The van der Waals surface area contributed by atoms with Crippen LogP contribution < -0.4 is 21.3 Å². The molecule has 72 heavy (non-hydrogen) atoms. The third-order valence-corrected chi connectivity index (χ3v) is 14.8. The van der Waals surface area contributed by atoms with Crippen LogP contribution in [0.25, 0.3) is 0 Å². The Labute approximate surface area is 433 Å². The minimum atomic E-state index is -0.688. The van der Waals surface area contributed by atoms with Crippen LogP contribution in [0.3, 0.4) is 0 Å². The Morgan fingerprint density at radius 3 is 1.22 bits per heavy atom. The Morgan fingerprint density at radius 2 is 0.889 bits per heavy atom. The highest BCUT2D eigenvalue weighted by Gasteiger charge is 2.42. The van der Waals surface area contributed by atoms with E-state index in [1.54, 1.807) is 27.9 Å². The van der Waals surface area contributed by atoms with Gasteiger partial charge in [0.25, 0.3) is 0 Å². The van der Waals surface area contributed by atoms with Crippen molar-refractivity contribution in [1.29, 1.82) is 0 Å². The zero-order valence-electron chi connectivity index (χ0n) is 46.0. The van der Waals surface area contributed by atoms with Crippen molar-refractivity contribution >= 4 is 35.4 Å². The predicted octanol–water partition coefficient (Wildman–Crippen LogP) is 7.29. The first-order chi connectivity index (χ1) is 34.2. The van der Waals surface area contributed by atoms with Gasteiger partial charge in [-0.05, 0) is 114 Å². The fraction of sp³-hybridized carbons (Fsp3) is 0.690. The van der Waals surface area contributed by atoms with E-state index < -0.39 is 35.0 Å². The molecule has 0 aliphatic carbocycles. The van der Waals surface area contributed by atoms with E-state index in [0.717, 1.165) is 89.9 Å². The molecule has 4 N–H and O–H groups in total. The van der Waals surface area contributed by atoms with Gasteiger partial charge in [0.1, 0.15) is 12.1 Å². The normalized spacial score (nSPS) is 17.8. The van der Waals surface area contributed by atoms with Crippen LogP contribution >= 0.6 is 0 Å². The number of nitrogens with one attached hydrogen (secondary N) is 4. The number of likely N-dealkylation sites (N-methyl/N-ethyl adjacent to an activating group) is 2. The monoisotopic (exact) mass is 999 g/mol. The number of carbonyl (C=O) groups excluding carboxylic acids is 6. The summed E-state index contributed by atoms with van der Waals surface area (Å²) >= 11 is 0. The van der Waals surface area contributed by atoms with Crippen molar-refractivity contribution in [3.8, 4) is 0 Å². The summed E-state index contributed by atoms with van der Waals surface area (Å²) in [6.07, 6.45) is 13.0. The highest BCUT2D eigenvalue weighted by molar-refractivity contribution is 5.91. The van der Waals surface area contributed by atoms with Crippen molar-refractivity contribution in [2.45, 2.75) is 194 Å². The maximum absolute atomic E-state index is 14.2. The standard InChI is InChI=1S/C58H94N8O6/c1-43(59-9)53(69)61-51(57(3,4)5)55(71)65-39-25-33-47(65)41-63(37-23-31-45-27-17-15-18-28-45)49(67)35-21-13-11-12-14-22-36-50(68)64(38-24-32-46-29-19-16-20-30-46)42-48-34-26-40-66(48)56(72)52(58(6,7)8)62-54(70)44(2)60-10/h15-20,27-30,43-44,47-48,51-52,59-60H,11-14,21-26,31-42H2,1-10H3,(H,61,69)(H,62,70)/t43-,44-,47-,48-,51+,52+/m0/s1. The van der Waals surface area contributed by atoms with Crippen molar-refractivity contribution in [3.05, 3.63) is 71.8 Å². The quantitative estimate of drug-likeness (QED) is 0.0618. The number of likely N-dealkylation sites (tertiary alicyclic amines) is 2. The maximum atomic E-state index is 14.2. The predicted molar refractivity (Wildman–Crippen MR) is 289 cm³/mol. The number of unbranched alkanes of at least 4 members (excludes halogenated alkanes) is 5. The highest BCUT2D eigenvalue weighted by Crippen LogP contribution is 2.29. The van der Waals surface area contributed by atoms with Crippen molar-refractivity contribution < 1.29 is 28.8 Å². The topological polar surface area (TPSA) is 163 Å². The van der Waals surface area contributed by atoms with E-state index in [4.69, 9.17) is 0 Å². The molecular weight excluding hydrogens is 905 g/mol. The molecule has 2 saturated heterocycles. The van der Waals surface area contributed by atoms with E-state index in [9.17, 15) is 28.8 Å². The van der Waals surface area contributed by atoms with Crippen LogP contribution in [0, 0.1) is 10.8 Å². The fourth-order valence-electron chi connectivity index (χ4n) is 10.0. The Bertz CT molecular complexity index is 1850. The molecule has 14 nitrogen and oxygen atoms in total. The van der Waals surface area contributed by atoms with Crippen LogP contribution in [0.1, 0.15) is 156 Å². The molecule has 0 bridgehead atoms. The lowest BCUT2D eigenvalue weighted by Gasteiger charge is -2.37. The summed E-state index contributed by atoms with van der Waals surface area (Å²) in [6, 6.07) is 18.2. The summed E-state index contributed by atoms with van der Waals surface area (Å²) in [4.78, 5) is 90.3. The molecule has 2 fully saturated rings. The highest BCUT2D eigenvalue weighted by atomic mass is 16.2. The molecule has 2 aliphatic rings. The second-order valence-corrected chi connectivity index (χ2v) is 22.8. The van der Waals surface area contributed by atoms with E-state index in [2.05, 4.69) is 45.5 Å². The fourth-order valence-corrected chi connectivity index (χ4v) is 10.0. The molecule has 0 saturated carbocycles. The minimum Gasteiger partial charge on any atom is -0.342 e. The molecule has 2 aromatic rings. The third-order valence-electron chi connectivity index (χ3n) is 14.8. The molecule has 0 radical (unpaired) electrons. The molecule has 14 heteroatoms. The van der Waals surface area contributed by atoms with E-state index in [1.165, 1.54) is 11.1 Å². The molecule has 402 valence electrons. The van der Waals surface area contributed by atoms with Gasteiger partial charge in [0.05, 0.1) is 12.1 Å². The largest absolute Gasteiger partial charge is 0.342 e. The molecule has 4 rings (SSSR count). The lowest BCUT2D eigenvalue weighted by atomic mass is 9.85. The lowest BCUT2D eigenvalue weighted by molar-refractivity contribution is -0.142. The van der Waals surface area contributed by atoms with Gasteiger partial charge < -0.3 is 40.9 Å². The van der Waals surface area contributed by atoms with Gasteiger partial charge in [-0.1, -0.05) is 128 Å². The van der Waals surface area contributed by atoms with Crippen molar-refractivity contribution in [2.75, 3.05) is 53.4 Å². The van der Waals surface area contributed by atoms with Crippen LogP contribution in [0.4, 0.5) is 0 Å². The van der Waals surface area contributed by atoms with Crippen LogP contribution in [0.15, 0.2) is 60.7 Å². The number of carbonyl (C=O) groups is 6. The number of aryl methyl sites for hydroxylation is 2. The van der Waals surface area contributed by atoms with Gasteiger partial charge in [-0.15, -0.1) is 0 Å². The smallest absolute Gasteiger partial charge is 0.246 e. The van der Waals surface area contributed by atoms with Crippen LogP contribution in [0.2, 0.25) is 0 Å². The summed E-state index contributed by atoms with van der Waals surface area (Å²) in [7, 11) is 3.46. The molecule has 2 aromatic carbocycles. The summed E-state index contributed by atoms with van der Waals surface area (Å²) in [6.45, 7) is 18.8. The minimum absolute atomic E-state index is 0.0871. The van der Waals surface area contributed by atoms with E-state index >= 15 is 0 Å². The molecule has 6 amide bonds. The molecule has 0 unspecified atom stereocenters. The summed E-state index contributed by atoms with van der Waals surface area (Å²) < 4.78 is 0. The number of nitrogens with zero attached hydrogens (tertiary/aromatic N) is 4. The zero-order chi connectivity index (χ0) is 52.8. The molecule has 0 spiro atoms. The number of benzene rings is 2. The summed E-state index contributed by atoms with van der Waals surface area (Å²) in [5.74, 6) is -0.359. The van der Waals surface area contributed by atoms with Crippen LogP contribution in [0.5, 0.6) is 0 Å². The summed E-state index contributed by atoms with van der Waals surface area (Å²) in [5.41, 5.74) is 1.48. The third kappa shape index (κ3) is 19.2. The summed E-state index contributed by atoms with van der Waals surface area (Å²) in [5, 5.41) is 12.0. The van der Waals surface area contributed by atoms with Gasteiger partial charge in [-0.2, -0.15) is 0 Å². The van der Waals surface area contributed by atoms with Crippen molar-refractivity contribution in [2.24, 2.45) is 10.8 Å². The Balaban J connectivity index is 1.31. The number of rotatable bonds is 29. The van der Waals surface area contributed by atoms with E-state index in [1.807, 2.05) is 97.5 Å². The van der Waals surface area contributed by atoms with Crippen LogP contribution in [-0.2, 0) is 41.6 Å². The lowest BCUT2D eigenvalue weighted by Crippen LogP contribution is -2.59. The SMILES string of the molecule is CN[C@@H](C)C(=O)N[C@H](C(=O)N1CCC[C@H]1CN(CCCc1ccccc1)C(=O)CCCCCCCCC(=O)N(CCCc1ccccc1)C[C@@H]1CCCN1C(=O)[C@@H](NC(=O)[C@H](C)NC)C(C)(C)C)C(C)(C)C. The van der Waals surface area contributed by atoms with Gasteiger partial charge >= 0.3 is 0 Å². The van der Waals surface area contributed by atoms with Gasteiger partial charge in [-0.25, -0.2) is 0 Å². The van der Waals surface area contributed by atoms with Crippen LogP contribution in [-0.4, -0.2) is 145 Å². The maximum Gasteiger partial charge on any atom is 0.246 e. The van der Waals surface area contributed by atoms with Crippen molar-refractivity contribution in [1.82, 2.24) is 40.9 Å². The van der Waals surface area contributed by atoms with Gasteiger partial charge in [0.15, 0.2) is 0 Å². The molecule has 0 aromatic heterocycles. The van der Waals surface area contributed by atoms with Gasteiger partial charge in [0.2, 0.25) is 35.4 Å². The van der Waals surface area contributed by atoms with E-state index in [0.29, 0.717) is 52.1 Å². The average Bonchev–Trinajstić information content (AvgIpc) is 4.03. The average molecular weight is 999 g/mol.